The number of carbonyl (C=O) groups excluding carboxylic acids is 1. The van der Waals surface area contributed by atoms with Gasteiger partial charge in [-0.05, 0) is 24.5 Å². The zero-order chi connectivity index (χ0) is 11.4. The molecule has 2 heteroatoms. The van der Waals surface area contributed by atoms with Crippen LogP contribution in [0.15, 0.2) is 35.9 Å². The third-order valence-corrected chi connectivity index (χ3v) is 3.06. The van der Waals surface area contributed by atoms with E-state index in [2.05, 4.69) is 0 Å². The molecule has 1 aromatic rings. The molecular formula is C14H16O2. The first kappa shape index (κ1) is 11.1. The van der Waals surface area contributed by atoms with Gasteiger partial charge in [-0.3, -0.25) is 4.79 Å². The van der Waals surface area contributed by atoms with Gasteiger partial charge < -0.3 is 5.11 Å². The molecule has 0 heterocycles. The second-order valence-corrected chi connectivity index (χ2v) is 4.21. The summed E-state index contributed by atoms with van der Waals surface area (Å²) in [6.07, 6.45) is 4.36. The first-order chi connectivity index (χ1) is 7.81. The number of Topliss-reactive ketones (excluding diaryl/α,β-unsaturated/α-hetero) is 1. The highest BCUT2D eigenvalue weighted by atomic mass is 16.3. The third kappa shape index (κ3) is 2.39. The quantitative estimate of drug-likeness (QED) is 0.771. The van der Waals surface area contributed by atoms with E-state index in [4.69, 9.17) is 0 Å². The summed E-state index contributed by atoms with van der Waals surface area (Å²) in [5.74, 6) is 0.218. The number of hydrogen-bond acceptors (Lipinski definition) is 2. The van der Waals surface area contributed by atoms with Crippen molar-refractivity contribution in [1.82, 2.24) is 0 Å². The number of aliphatic hydroxyl groups is 1. The molecule has 1 saturated carbocycles. The van der Waals surface area contributed by atoms with Crippen LogP contribution < -0.4 is 0 Å². The maximum absolute atomic E-state index is 11.8. The topological polar surface area (TPSA) is 37.3 Å². The van der Waals surface area contributed by atoms with E-state index in [1.54, 1.807) is 0 Å². The molecule has 0 saturated heterocycles. The maximum Gasteiger partial charge on any atom is 0.159 e. The average Bonchev–Trinajstić information content (AvgIpc) is 2.33. The summed E-state index contributed by atoms with van der Waals surface area (Å²) in [6.45, 7) is 0.0738. The molecule has 0 radical (unpaired) electrons. The van der Waals surface area contributed by atoms with Crippen molar-refractivity contribution in [3.8, 4) is 0 Å². The van der Waals surface area contributed by atoms with Crippen molar-refractivity contribution in [3.05, 3.63) is 41.5 Å². The van der Waals surface area contributed by atoms with E-state index in [1.807, 2.05) is 36.4 Å². The predicted molar refractivity (Wildman–Crippen MR) is 63.9 cm³/mol. The Kier molecular flexibility index (Phi) is 3.52. The number of rotatable bonds is 2. The van der Waals surface area contributed by atoms with Gasteiger partial charge in [0.15, 0.2) is 5.78 Å². The lowest BCUT2D eigenvalue weighted by Gasteiger charge is -2.22. The molecular weight excluding hydrogens is 200 g/mol. The molecule has 1 fully saturated rings. The zero-order valence-electron chi connectivity index (χ0n) is 9.23. The Bertz CT molecular complexity index is 392. The molecule has 0 spiro atoms. The van der Waals surface area contributed by atoms with Crippen LogP contribution in [0.5, 0.6) is 0 Å². The molecule has 0 aliphatic heterocycles. The molecule has 1 atom stereocenters. The fraction of sp³-hybridized carbons (Fsp3) is 0.357. The normalized spacial score (nSPS) is 23.7. The van der Waals surface area contributed by atoms with E-state index in [1.165, 1.54) is 0 Å². The molecule has 0 aromatic heterocycles. The summed E-state index contributed by atoms with van der Waals surface area (Å²) >= 11 is 0. The predicted octanol–water partition coefficient (Wildman–Crippen LogP) is 2.43. The summed E-state index contributed by atoms with van der Waals surface area (Å²) in [5.41, 5.74) is 1.83. The maximum atomic E-state index is 11.8. The van der Waals surface area contributed by atoms with E-state index in [0.29, 0.717) is 6.42 Å². The highest BCUT2D eigenvalue weighted by molar-refractivity contribution is 6.00. The molecule has 0 bridgehead atoms. The smallest absolute Gasteiger partial charge is 0.159 e. The number of aliphatic hydroxyl groups excluding tert-OH is 1. The van der Waals surface area contributed by atoms with Crippen LogP contribution in [-0.4, -0.2) is 17.5 Å². The summed E-state index contributed by atoms with van der Waals surface area (Å²) in [6, 6.07) is 9.81. The first-order valence-corrected chi connectivity index (χ1v) is 5.72. The van der Waals surface area contributed by atoms with Crippen LogP contribution in [0.2, 0.25) is 0 Å². The van der Waals surface area contributed by atoms with Crippen molar-refractivity contribution in [1.29, 1.82) is 0 Å². The number of hydrogen-bond donors (Lipinski definition) is 1. The lowest BCUT2D eigenvalue weighted by molar-refractivity contribution is -0.117. The van der Waals surface area contributed by atoms with Gasteiger partial charge in [0.05, 0.1) is 6.61 Å². The minimum Gasteiger partial charge on any atom is -0.396 e. The fourth-order valence-corrected chi connectivity index (χ4v) is 2.15. The van der Waals surface area contributed by atoms with Gasteiger partial charge in [-0.1, -0.05) is 30.3 Å². The van der Waals surface area contributed by atoms with Gasteiger partial charge in [-0.25, -0.2) is 0 Å². The minimum atomic E-state index is 0.0291. The summed E-state index contributed by atoms with van der Waals surface area (Å²) in [5, 5.41) is 9.26. The molecule has 0 amide bonds. The Morgan fingerprint density at radius 3 is 2.75 bits per heavy atom. The van der Waals surface area contributed by atoms with E-state index >= 15 is 0 Å². The van der Waals surface area contributed by atoms with Gasteiger partial charge in [0.2, 0.25) is 0 Å². The Morgan fingerprint density at radius 1 is 1.31 bits per heavy atom. The SMILES string of the molecule is O=C1CCCC(CO)C1=Cc1ccccc1. The highest BCUT2D eigenvalue weighted by Crippen LogP contribution is 2.28. The molecule has 1 unspecified atom stereocenters. The molecule has 1 aliphatic carbocycles. The van der Waals surface area contributed by atoms with Crippen LogP contribution in [0, 0.1) is 5.92 Å². The minimum absolute atomic E-state index is 0.0291. The van der Waals surface area contributed by atoms with Crippen molar-refractivity contribution < 1.29 is 9.90 Å². The first-order valence-electron chi connectivity index (χ1n) is 5.72. The monoisotopic (exact) mass is 216 g/mol. The van der Waals surface area contributed by atoms with Gasteiger partial charge in [0.1, 0.15) is 0 Å². The van der Waals surface area contributed by atoms with E-state index in [-0.39, 0.29) is 18.3 Å². The van der Waals surface area contributed by atoms with Crippen molar-refractivity contribution >= 4 is 11.9 Å². The standard InChI is InChI=1S/C14H16O2/c15-10-12-7-4-8-14(16)13(12)9-11-5-2-1-3-6-11/h1-3,5-6,9,12,15H,4,7-8,10H2. The van der Waals surface area contributed by atoms with Crippen LogP contribution >= 0.6 is 0 Å². The van der Waals surface area contributed by atoms with E-state index in [0.717, 1.165) is 24.0 Å². The molecule has 1 N–H and O–H groups in total. The van der Waals surface area contributed by atoms with Gasteiger partial charge in [0, 0.05) is 17.9 Å². The Balaban J connectivity index is 2.28. The highest BCUT2D eigenvalue weighted by Gasteiger charge is 2.24. The molecule has 1 aromatic carbocycles. The molecule has 2 rings (SSSR count). The Hall–Kier alpha value is -1.41. The van der Waals surface area contributed by atoms with E-state index in [9.17, 15) is 9.90 Å². The third-order valence-electron chi connectivity index (χ3n) is 3.06. The van der Waals surface area contributed by atoms with Gasteiger partial charge in [-0.15, -0.1) is 0 Å². The average molecular weight is 216 g/mol. The lowest BCUT2D eigenvalue weighted by atomic mass is 9.83. The largest absolute Gasteiger partial charge is 0.396 e. The van der Waals surface area contributed by atoms with Crippen LogP contribution in [-0.2, 0) is 4.79 Å². The molecule has 1 aliphatic rings. The second kappa shape index (κ2) is 5.08. The number of benzene rings is 1. The Labute approximate surface area is 95.6 Å². The fourth-order valence-electron chi connectivity index (χ4n) is 2.15. The zero-order valence-corrected chi connectivity index (χ0v) is 9.23. The Morgan fingerprint density at radius 2 is 2.06 bits per heavy atom. The number of carbonyl (C=O) groups is 1. The van der Waals surface area contributed by atoms with Crippen molar-refractivity contribution in [2.24, 2.45) is 5.92 Å². The lowest BCUT2D eigenvalue weighted by Crippen LogP contribution is -2.21. The molecule has 84 valence electrons. The van der Waals surface area contributed by atoms with Crippen molar-refractivity contribution in [3.63, 3.8) is 0 Å². The molecule has 2 nitrogen and oxygen atoms in total. The summed E-state index contributed by atoms with van der Waals surface area (Å²) in [7, 11) is 0. The van der Waals surface area contributed by atoms with Crippen molar-refractivity contribution in [2.45, 2.75) is 19.3 Å². The van der Waals surface area contributed by atoms with Crippen LogP contribution in [0.4, 0.5) is 0 Å². The van der Waals surface area contributed by atoms with Gasteiger partial charge >= 0.3 is 0 Å². The second-order valence-electron chi connectivity index (χ2n) is 4.21. The van der Waals surface area contributed by atoms with Crippen LogP contribution in [0.25, 0.3) is 6.08 Å². The molecule has 16 heavy (non-hydrogen) atoms. The van der Waals surface area contributed by atoms with E-state index < -0.39 is 0 Å². The summed E-state index contributed by atoms with van der Waals surface area (Å²) in [4.78, 5) is 11.8. The van der Waals surface area contributed by atoms with Crippen LogP contribution in [0.1, 0.15) is 24.8 Å². The van der Waals surface area contributed by atoms with Gasteiger partial charge in [-0.2, -0.15) is 0 Å². The van der Waals surface area contributed by atoms with Crippen molar-refractivity contribution in [2.75, 3.05) is 6.61 Å². The van der Waals surface area contributed by atoms with Crippen LogP contribution in [0.3, 0.4) is 0 Å². The summed E-state index contributed by atoms with van der Waals surface area (Å²) < 4.78 is 0. The van der Waals surface area contributed by atoms with Gasteiger partial charge in [0.25, 0.3) is 0 Å². The number of ketones is 1.